The normalized spacial score (nSPS) is 18.8. The number of aromatic amines is 1. The second kappa shape index (κ2) is 6.77. The van der Waals surface area contributed by atoms with Gasteiger partial charge in [0.1, 0.15) is 0 Å². The van der Waals surface area contributed by atoms with Gasteiger partial charge in [0, 0.05) is 43.0 Å². The van der Waals surface area contributed by atoms with E-state index in [2.05, 4.69) is 39.4 Å². The number of H-pyrrole nitrogens is 1. The molecule has 0 saturated carbocycles. The molecule has 0 spiro atoms. The Hall–Kier alpha value is -2.14. The van der Waals surface area contributed by atoms with Crippen LogP contribution in [0, 0.1) is 0 Å². The van der Waals surface area contributed by atoms with Gasteiger partial charge in [-0.3, -0.25) is 9.89 Å². The van der Waals surface area contributed by atoms with Crippen molar-refractivity contribution in [3.8, 4) is 0 Å². The molecule has 3 heterocycles. The third kappa shape index (κ3) is 3.08. The van der Waals surface area contributed by atoms with Crippen molar-refractivity contribution in [2.75, 3.05) is 31.1 Å². The van der Waals surface area contributed by atoms with Gasteiger partial charge in [-0.1, -0.05) is 18.2 Å². The number of carbonyl (C=O) groups excluding carboxylic acids is 1. The lowest BCUT2D eigenvalue weighted by atomic mass is 9.93. The van der Waals surface area contributed by atoms with Crippen molar-refractivity contribution in [1.82, 2.24) is 15.1 Å². The lowest BCUT2D eigenvalue weighted by Gasteiger charge is -2.31. The van der Waals surface area contributed by atoms with E-state index in [9.17, 15) is 4.79 Å². The Balaban J connectivity index is 1.27. The predicted molar refractivity (Wildman–Crippen MR) is 94.1 cm³/mol. The highest BCUT2D eigenvalue weighted by molar-refractivity contribution is 5.95. The van der Waals surface area contributed by atoms with Crippen molar-refractivity contribution in [3.63, 3.8) is 0 Å². The molecule has 1 saturated heterocycles. The van der Waals surface area contributed by atoms with Crippen molar-refractivity contribution < 1.29 is 4.79 Å². The minimum absolute atomic E-state index is 0.260. The molecule has 5 nitrogen and oxygen atoms in total. The van der Waals surface area contributed by atoms with E-state index in [1.165, 1.54) is 11.3 Å². The molecule has 0 atom stereocenters. The van der Waals surface area contributed by atoms with Gasteiger partial charge in [0.15, 0.2) is 0 Å². The van der Waals surface area contributed by atoms with E-state index in [0.717, 1.165) is 51.1 Å². The minimum atomic E-state index is 0.260. The van der Waals surface area contributed by atoms with Gasteiger partial charge in [-0.15, -0.1) is 0 Å². The summed E-state index contributed by atoms with van der Waals surface area (Å²) < 4.78 is 0. The summed E-state index contributed by atoms with van der Waals surface area (Å²) in [7, 11) is 0. The van der Waals surface area contributed by atoms with Crippen LogP contribution < -0.4 is 4.90 Å². The molecule has 2 aromatic rings. The molecule has 4 rings (SSSR count). The molecule has 0 radical (unpaired) electrons. The van der Waals surface area contributed by atoms with Crippen molar-refractivity contribution in [1.29, 1.82) is 0 Å². The number of likely N-dealkylation sites (tertiary alicyclic amines) is 1. The van der Waals surface area contributed by atoms with Crippen molar-refractivity contribution in [3.05, 3.63) is 47.8 Å². The topological polar surface area (TPSA) is 52.2 Å². The molecule has 1 aromatic carbocycles. The van der Waals surface area contributed by atoms with Crippen LogP contribution in [0.2, 0.25) is 0 Å². The molecule has 2 aliphatic heterocycles. The van der Waals surface area contributed by atoms with E-state index in [4.69, 9.17) is 0 Å². The van der Waals surface area contributed by atoms with E-state index in [1.807, 2.05) is 17.2 Å². The lowest BCUT2D eigenvalue weighted by molar-refractivity contribution is -0.118. The Labute approximate surface area is 142 Å². The van der Waals surface area contributed by atoms with Gasteiger partial charge >= 0.3 is 0 Å². The highest BCUT2D eigenvalue weighted by atomic mass is 16.2. The summed E-state index contributed by atoms with van der Waals surface area (Å²) in [6.07, 6.45) is 5.71. The van der Waals surface area contributed by atoms with Crippen LogP contribution in [0.1, 0.15) is 36.4 Å². The predicted octanol–water partition coefficient (Wildman–Crippen LogP) is 2.57. The minimum Gasteiger partial charge on any atom is -0.312 e. The quantitative estimate of drug-likeness (QED) is 0.940. The Morgan fingerprint density at radius 1 is 1.17 bits per heavy atom. The molecule has 1 aromatic heterocycles. The first-order valence-electron chi connectivity index (χ1n) is 8.91. The monoisotopic (exact) mass is 324 g/mol. The largest absolute Gasteiger partial charge is 0.312 e. The zero-order valence-corrected chi connectivity index (χ0v) is 13.9. The summed E-state index contributed by atoms with van der Waals surface area (Å²) in [6.45, 7) is 3.83. The number of amides is 1. The van der Waals surface area contributed by atoms with Gasteiger partial charge in [-0.25, -0.2) is 0 Å². The highest BCUT2D eigenvalue weighted by Crippen LogP contribution is 2.29. The van der Waals surface area contributed by atoms with Crippen LogP contribution in [0.4, 0.5) is 5.69 Å². The number of anilines is 1. The number of hydrogen-bond donors (Lipinski definition) is 1. The number of benzene rings is 1. The van der Waals surface area contributed by atoms with Crippen LogP contribution in [0.25, 0.3) is 0 Å². The second-order valence-corrected chi connectivity index (χ2v) is 6.80. The fourth-order valence-corrected chi connectivity index (χ4v) is 3.95. The Morgan fingerprint density at radius 3 is 2.79 bits per heavy atom. The molecule has 0 unspecified atom stereocenters. The first kappa shape index (κ1) is 15.4. The summed E-state index contributed by atoms with van der Waals surface area (Å²) >= 11 is 0. The third-order valence-electron chi connectivity index (χ3n) is 5.38. The number of hydrogen-bond acceptors (Lipinski definition) is 3. The molecule has 0 bridgehead atoms. The SMILES string of the molecule is O=C(CCN1CCC(c2ccn[nH]2)CC1)N1CCc2ccccc21. The first-order valence-corrected chi connectivity index (χ1v) is 8.91. The van der Waals surface area contributed by atoms with E-state index in [-0.39, 0.29) is 5.91 Å². The Morgan fingerprint density at radius 2 is 2.00 bits per heavy atom. The molecular formula is C19H24N4O. The maximum atomic E-state index is 12.6. The molecule has 0 aliphatic carbocycles. The standard InChI is InChI=1S/C19H24N4O/c24-19(23-14-8-16-3-1-2-4-18(16)23)9-13-22-11-6-15(7-12-22)17-5-10-20-21-17/h1-5,10,15H,6-9,11-14H2,(H,20,21). The number of nitrogens with one attached hydrogen (secondary N) is 1. The average Bonchev–Trinajstić information content (AvgIpc) is 3.30. The Kier molecular flexibility index (Phi) is 4.34. The number of piperidine rings is 1. The summed E-state index contributed by atoms with van der Waals surface area (Å²) in [6, 6.07) is 10.3. The van der Waals surface area contributed by atoms with Crippen LogP contribution >= 0.6 is 0 Å². The van der Waals surface area contributed by atoms with Crippen LogP contribution in [0.5, 0.6) is 0 Å². The Bertz CT molecular complexity index is 689. The summed E-state index contributed by atoms with van der Waals surface area (Å²) in [5.41, 5.74) is 3.66. The van der Waals surface area contributed by atoms with Gasteiger partial charge in [-0.2, -0.15) is 5.10 Å². The fraction of sp³-hybridized carbons (Fsp3) is 0.474. The number of nitrogens with zero attached hydrogens (tertiary/aromatic N) is 3. The second-order valence-electron chi connectivity index (χ2n) is 6.80. The van der Waals surface area contributed by atoms with E-state index in [1.54, 1.807) is 0 Å². The average molecular weight is 324 g/mol. The highest BCUT2D eigenvalue weighted by Gasteiger charge is 2.26. The number of rotatable bonds is 4. The van der Waals surface area contributed by atoms with E-state index >= 15 is 0 Å². The number of para-hydroxylation sites is 1. The summed E-state index contributed by atoms with van der Waals surface area (Å²) in [5, 5.41) is 7.14. The first-order chi connectivity index (χ1) is 11.8. The van der Waals surface area contributed by atoms with Gasteiger partial charge in [0.25, 0.3) is 0 Å². The molecular weight excluding hydrogens is 300 g/mol. The number of carbonyl (C=O) groups is 1. The molecule has 126 valence electrons. The molecule has 2 aliphatic rings. The molecule has 1 amide bonds. The van der Waals surface area contributed by atoms with Gasteiger partial charge in [-0.05, 0) is 50.0 Å². The van der Waals surface area contributed by atoms with Gasteiger partial charge in [0.05, 0.1) is 0 Å². The summed E-state index contributed by atoms with van der Waals surface area (Å²) in [4.78, 5) is 17.0. The van der Waals surface area contributed by atoms with Crippen molar-refractivity contribution in [2.45, 2.75) is 31.6 Å². The zero-order valence-electron chi connectivity index (χ0n) is 13.9. The van der Waals surface area contributed by atoms with Gasteiger partial charge < -0.3 is 9.80 Å². The van der Waals surface area contributed by atoms with E-state index in [0.29, 0.717) is 12.3 Å². The number of aromatic nitrogens is 2. The molecule has 24 heavy (non-hydrogen) atoms. The third-order valence-corrected chi connectivity index (χ3v) is 5.38. The van der Waals surface area contributed by atoms with Crippen LogP contribution in [0.3, 0.4) is 0 Å². The van der Waals surface area contributed by atoms with Crippen LogP contribution in [-0.4, -0.2) is 47.2 Å². The smallest absolute Gasteiger partial charge is 0.228 e. The van der Waals surface area contributed by atoms with Crippen LogP contribution in [-0.2, 0) is 11.2 Å². The van der Waals surface area contributed by atoms with Crippen molar-refractivity contribution in [2.24, 2.45) is 0 Å². The fourth-order valence-electron chi connectivity index (χ4n) is 3.95. The maximum Gasteiger partial charge on any atom is 0.228 e. The van der Waals surface area contributed by atoms with E-state index < -0.39 is 0 Å². The number of fused-ring (bicyclic) bond motifs is 1. The molecule has 1 fully saturated rings. The lowest BCUT2D eigenvalue weighted by Crippen LogP contribution is -2.37. The maximum absolute atomic E-state index is 12.6. The van der Waals surface area contributed by atoms with Gasteiger partial charge in [0.2, 0.25) is 5.91 Å². The van der Waals surface area contributed by atoms with Crippen LogP contribution in [0.15, 0.2) is 36.5 Å². The molecule has 5 heteroatoms. The van der Waals surface area contributed by atoms with Crippen molar-refractivity contribution >= 4 is 11.6 Å². The summed E-state index contributed by atoms with van der Waals surface area (Å²) in [5.74, 6) is 0.848. The molecule has 1 N–H and O–H groups in total. The zero-order chi connectivity index (χ0) is 16.4.